The largest absolute Gasteiger partial charge is 0.298 e. The van der Waals surface area contributed by atoms with E-state index in [1.807, 2.05) is 6.07 Å². The Morgan fingerprint density at radius 2 is 2.25 bits per heavy atom. The molecule has 0 aliphatic rings. The molecule has 4 heteroatoms. The molecule has 2 nitrogen and oxygen atoms in total. The lowest BCUT2D eigenvalue weighted by atomic mass is 10.1. The van der Waals surface area contributed by atoms with Crippen LogP contribution in [0.2, 0.25) is 5.02 Å². The molecule has 0 aromatic heterocycles. The number of benzene rings is 1. The molecule has 0 saturated carbocycles. The third kappa shape index (κ3) is 1.50. The third-order valence-corrected chi connectivity index (χ3v) is 2.46. The normalized spacial score (nSPS) is 9.08. The summed E-state index contributed by atoms with van der Waals surface area (Å²) in [7, 11) is 0. The number of hydrogen-bond donors (Lipinski definition) is 0. The minimum Gasteiger partial charge on any atom is -0.298 e. The second-order valence-corrected chi connectivity index (χ2v) is 3.28. The van der Waals surface area contributed by atoms with Crippen molar-refractivity contribution in [1.82, 2.24) is 0 Å². The van der Waals surface area contributed by atoms with E-state index in [1.54, 1.807) is 12.1 Å². The Labute approximate surface area is 82.9 Å². The maximum absolute atomic E-state index is 10.5. The van der Waals surface area contributed by atoms with Gasteiger partial charge in [0.2, 0.25) is 0 Å². The second-order valence-electron chi connectivity index (χ2n) is 2.05. The van der Waals surface area contributed by atoms with Crippen LogP contribution in [0, 0.1) is 11.3 Å². The zero-order valence-electron chi connectivity index (χ0n) is 5.84. The minimum absolute atomic E-state index is 0.196. The van der Waals surface area contributed by atoms with Crippen molar-refractivity contribution in [2.45, 2.75) is 0 Å². The summed E-state index contributed by atoms with van der Waals surface area (Å²) in [6, 6.07) is 5.06. The highest BCUT2D eigenvalue weighted by molar-refractivity contribution is 9.10. The van der Waals surface area contributed by atoms with Gasteiger partial charge in [0.1, 0.15) is 6.07 Å². The third-order valence-electron chi connectivity index (χ3n) is 1.36. The first-order valence-electron chi connectivity index (χ1n) is 3.04. The van der Waals surface area contributed by atoms with Crippen molar-refractivity contribution < 1.29 is 4.79 Å². The molecule has 0 N–H and O–H groups in total. The summed E-state index contributed by atoms with van der Waals surface area (Å²) in [6.45, 7) is 0. The van der Waals surface area contributed by atoms with E-state index < -0.39 is 0 Å². The molecule has 12 heavy (non-hydrogen) atoms. The van der Waals surface area contributed by atoms with Crippen LogP contribution in [-0.2, 0) is 0 Å². The van der Waals surface area contributed by atoms with Crippen molar-refractivity contribution in [2.24, 2.45) is 0 Å². The fraction of sp³-hybridized carbons (Fsp3) is 0. The Kier molecular flexibility index (Phi) is 2.85. The second kappa shape index (κ2) is 3.70. The molecule has 0 aliphatic heterocycles. The number of carbonyl (C=O) groups is 1. The van der Waals surface area contributed by atoms with Gasteiger partial charge in [0, 0.05) is 10.0 Å². The first kappa shape index (κ1) is 9.24. The average molecular weight is 244 g/mol. The SMILES string of the molecule is N#Cc1ccc(Br)c(C=O)c1Cl. The van der Waals surface area contributed by atoms with E-state index in [9.17, 15) is 4.79 Å². The molecule has 0 atom stereocenters. The molecule has 0 spiro atoms. The van der Waals surface area contributed by atoms with Gasteiger partial charge in [-0.1, -0.05) is 27.5 Å². The Bertz CT molecular complexity index is 370. The highest BCUT2D eigenvalue weighted by Crippen LogP contribution is 2.26. The lowest BCUT2D eigenvalue weighted by Gasteiger charge is -2.00. The predicted molar refractivity (Wildman–Crippen MR) is 49.3 cm³/mol. The molecular weight excluding hydrogens is 241 g/mol. The lowest BCUT2D eigenvalue weighted by Crippen LogP contribution is -1.87. The van der Waals surface area contributed by atoms with E-state index in [1.165, 1.54) is 0 Å². The van der Waals surface area contributed by atoms with Gasteiger partial charge in [0.25, 0.3) is 0 Å². The van der Waals surface area contributed by atoms with Crippen LogP contribution in [0.25, 0.3) is 0 Å². The minimum atomic E-state index is 0.196. The predicted octanol–water partition coefficient (Wildman–Crippen LogP) is 2.79. The van der Waals surface area contributed by atoms with Gasteiger partial charge in [-0.3, -0.25) is 4.79 Å². The van der Waals surface area contributed by atoms with Crippen molar-refractivity contribution in [1.29, 1.82) is 5.26 Å². The number of halogens is 2. The summed E-state index contributed by atoms with van der Waals surface area (Å²) in [4.78, 5) is 10.5. The summed E-state index contributed by atoms with van der Waals surface area (Å²) < 4.78 is 0.599. The van der Waals surface area contributed by atoms with E-state index in [4.69, 9.17) is 16.9 Å². The standard InChI is InChI=1S/C8H3BrClNO/c9-7-2-1-5(3-11)8(10)6(7)4-12/h1-2,4H. The van der Waals surface area contributed by atoms with Crippen LogP contribution >= 0.6 is 27.5 Å². The van der Waals surface area contributed by atoms with Gasteiger partial charge in [-0.15, -0.1) is 0 Å². The summed E-state index contributed by atoms with van der Waals surface area (Å²) in [6.07, 6.45) is 0.618. The average Bonchev–Trinajstić information content (AvgIpc) is 2.06. The highest BCUT2D eigenvalue weighted by Gasteiger charge is 2.08. The molecule has 1 rings (SSSR count). The number of rotatable bonds is 1. The van der Waals surface area contributed by atoms with Gasteiger partial charge in [-0.2, -0.15) is 5.26 Å². The summed E-state index contributed by atoms with van der Waals surface area (Å²) >= 11 is 8.88. The lowest BCUT2D eigenvalue weighted by molar-refractivity contribution is 0.112. The number of nitriles is 1. The van der Waals surface area contributed by atoms with E-state index in [0.29, 0.717) is 21.9 Å². The maximum atomic E-state index is 10.5. The highest BCUT2D eigenvalue weighted by atomic mass is 79.9. The van der Waals surface area contributed by atoms with Crippen LogP contribution in [-0.4, -0.2) is 6.29 Å². The van der Waals surface area contributed by atoms with E-state index in [0.717, 1.165) is 0 Å². The molecule has 60 valence electrons. The van der Waals surface area contributed by atoms with E-state index in [2.05, 4.69) is 15.9 Å². The van der Waals surface area contributed by atoms with E-state index >= 15 is 0 Å². The maximum Gasteiger partial charge on any atom is 0.152 e. The van der Waals surface area contributed by atoms with Gasteiger partial charge >= 0.3 is 0 Å². The fourth-order valence-corrected chi connectivity index (χ4v) is 1.55. The number of nitrogens with zero attached hydrogens (tertiary/aromatic N) is 1. The molecule has 1 aromatic rings. The smallest absolute Gasteiger partial charge is 0.152 e. The molecule has 0 fully saturated rings. The first-order chi connectivity index (χ1) is 5.70. The van der Waals surface area contributed by atoms with Crippen LogP contribution in [0.1, 0.15) is 15.9 Å². The number of hydrogen-bond acceptors (Lipinski definition) is 2. The zero-order chi connectivity index (χ0) is 9.14. The van der Waals surface area contributed by atoms with Crippen molar-refractivity contribution in [3.63, 3.8) is 0 Å². The number of carbonyl (C=O) groups excluding carboxylic acids is 1. The van der Waals surface area contributed by atoms with Crippen LogP contribution < -0.4 is 0 Å². The molecule has 0 saturated heterocycles. The quantitative estimate of drug-likeness (QED) is 0.713. The van der Waals surface area contributed by atoms with Crippen LogP contribution in [0.3, 0.4) is 0 Å². The molecule has 0 aliphatic carbocycles. The topological polar surface area (TPSA) is 40.9 Å². The molecule has 0 amide bonds. The van der Waals surface area contributed by atoms with Crippen LogP contribution in [0.4, 0.5) is 0 Å². The van der Waals surface area contributed by atoms with Crippen LogP contribution in [0.5, 0.6) is 0 Å². The number of aldehydes is 1. The van der Waals surface area contributed by atoms with Crippen molar-refractivity contribution in [2.75, 3.05) is 0 Å². The Morgan fingerprint density at radius 1 is 1.58 bits per heavy atom. The zero-order valence-corrected chi connectivity index (χ0v) is 8.19. The van der Waals surface area contributed by atoms with Gasteiger partial charge in [0.15, 0.2) is 6.29 Å². The van der Waals surface area contributed by atoms with E-state index in [-0.39, 0.29) is 5.02 Å². The molecule has 0 heterocycles. The molecule has 0 radical (unpaired) electrons. The molecule has 1 aromatic carbocycles. The van der Waals surface area contributed by atoms with Gasteiger partial charge in [-0.25, -0.2) is 0 Å². The Morgan fingerprint density at radius 3 is 2.75 bits per heavy atom. The van der Waals surface area contributed by atoms with Gasteiger partial charge in [0.05, 0.1) is 10.6 Å². The molecule has 0 bridgehead atoms. The first-order valence-corrected chi connectivity index (χ1v) is 4.21. The molecule has 0 unspecified atom stereocenters. The fourth-order valence-electron chi connectivity index (χ4n) is 0.764. The van der Waals surface area contributed by atoms with Crippen LogP contribution in [0.15, 0.2) is 16.6 Å². The van der Waals surface area contributed by atoms with Gasteiger partial charge < -0.3 is 0 Å². The summed E-state index contributed by atoms with van der Waals surface area (Å²) in [5.41, 5.74) is 0.623. The van der Waals surface area contributed by atoms with Crippen molar-refractivity contribution in [3.8, 4) is 6.07 Å². The Hall–Kier alpha value is -0.850. The van der Waals surface area contributed by atoms with Crippen molar-refractivity contribution in [3.05, 3.63) is 32.8 Å². The summed E-state index contributed by atoms with van der Waals surface area (Å²) in [5.74, 6) is 0. The summed E-state index contributed by atoms with van der Waals surface area (Å²) in [5, 5.41) is 8.76. The van der Waals surface area contributed by atoms with Crippen molar-refractivity contribution >= 4 is 33.8 Å². The molecular formula is C8H3BrClNO. The monoisotopic (exact) mass is 243 g/mol. The Balaban J connectivity index is 3.46. The van der Waals surface area contributed by atoms with Gasteiger partial charge in [-0.05, 0) is 12.1 Å².